The van der Waals surface area contributed by atoms with Gasteiger partial charge in [-0.05, 0) is 42.5 Å². The largest absolute Gasteiger partial charge is 0.382 e. The first-order chi connectivity index (χ1) is 15.0. The van der Waals surface area contributed by atoms with Crippen LogP contribution >= 0.6 is 34.1 Å². The Hall–Kier alpha value is -2.62. The molecule has 3 rings (SSSR count). The van der Waals surface area contributed by atoms with Crippen LogP contribution in [0, 0.1) is 0 Å². The molecule has 0 bridgehead atoms. The molecule has 0 radical (unpaired) electrons. The molecule has 162 valence electrons. The number of carbonyl (C=O) groups excluding carboxylic acids is 3. The fourth-order valence-electron chi connectivity index (χ4n) is 3.15. The molecule has 1 aromatic rings. The zero-order valence-corrected chi connectivity index (χ0v) is 19.1. The lowest BCUT2D eigenvalue weighted by Crippen LogP contribution is -2.33. The summed E-state index contributed by atoms with van der Waals surface area (Å²) in [7, 11) is 1.36. The van der Waals surface area contributed by atoms with E-state index in [0.29, 0.717) is 45.2 Å². The number of hydrogen-bond donors (Lipinski definition) is 5. The fourth-order valence-corrected chi connectivity index (χ4v) is 3.75. The molecule has 2 heterocycles. The average molecular weight is 477 g/mol. The summed E-state index contributed by atoms with van der Waals surface area (Å²) >= 11 is 9.95. The number of allylic oxidation sites excluding steroid dienone is 2. The normalized spacial score (nSPS) is 16.0. The lowest BCUT2D eigenvalue weighted by Gasteiger charge is -2.08. The van der Waals surface area contributed by atoms with Gasteiger partial charge >= 0.3 is 0 Å². The molecular weight excluding hydrogens is 456 g/mol. The van der Waals surface area contributed by atoms with Crippen LogP contribution in [-0.4, -0.2) is 36.6 Å². The maximum absolute atomic E-state index is 12.7. The molecule has 0 aromatic heterocycles. The van der Waals surface area contributed by atoms with E-state index in [1.54, 1.807) is 49.5 Å². The molecule has 0 unspecified atom stereocenters. The van der Waals surface area contributed by atoms with Crippen molar-refractivity contribution in [1.82, 2.24) is 21.3 Å². The molecule has 7 nitrogen and oxygen atoms in total. The maximum atomic E-state index is 12.7. The second kappa shape index (κ2) is 10.6. The van der Waals surface area contributed by atoms with Gasteiger partial charge in [-0.2, -0.15) is 0 Å². The fraction of sp³-hybridized carbons (Fsp3) is 0.190. The summed E-state index contributed by atoms with van der Waals surface area (Å²) in [5, 5.41) is 11.8. The minimum absolute atomic E-state index is 0.106. The van der Waals surface area contributed by atoms with Gasteiger partial charge in [0.15, 0.2) is 0 Å². The van der Waals surface area contributed by atoms with Gasteiger partial charge < -0.3 is 21.3 Å². The predicted molar refractivity (Wildman–Crippen MR) is 127 cm³/mol. The number of nitrogens with one attached hydrogen (secondary N) is 4. The molecular formula is C21H21ClN4O3S2. The summed E-state index contributed by atoms with van der Waals surface area (Å²) in [5.74, 6) is -0.121. The quantitative estimate of drug-likeness (QED) is 0.163. The van der Waals surface area contributed by atoms with Crippen LogP contribution in [0.15, 0.2) is 65.0 Å². The van der Waals surface area contributed by atoms with E-state index in [1.165, 1.54) is 10.8 Å². The Morgan fingerprint density at radius 3 is 2.55 bits per heavy atom. The standard InChI is InChI=1S/C21H21ClN4O3S2/c1-2-12(7-8-23-11-15(27)24-9-10-31-30)18-16-17(21(29)25-18)19(26-20(16)28)13-3-5-14(22)6-4-13/h2-8,23,30H,9-11H2,1H3,(H,24,27)(H,25,29)(H,26,28)/b8-7-,12-2+. The first-order valence-electron chi connectivity index (χ1n) is 9.43. The first kappa shape index (κ1) is 23.1. The zero-order chi connectivity index (χ0) is 22.4. The molecule has 10 heteroatoms. The van der Waals surface area contributed by atoms with E-state index in [0.717, 1.165) is 5.75 Å². The van der Waals surface area contributed by atoms with E-state index in [1.807, 2.05) is 0 Å². The van der Waals surface area contributed by atoms with Crippen molar-refractivity contribution in [3.05, 3.63) is 75.6 Å². The minimum atomic E-state index is -0.351. The van der Waals surface area contributed by atoms with Crippen molar-refractivity contribution in [3.8, 4) is 0 Å². The van der Waals surface area contributed by atoms with Gasteiger partial charge in [0, 0.05) is 17.3 Å². The van der Waals surface area contributed by atoms with Gasteiger partial charge in [-0.15, -0.1) is 11.7 Å². The number of carbonyl (C=O) groups is 3. The van der Waals surface area contributed by atoms with Crippen molar-refractivity contribution in [3.63, 3.8) is 0 Å². The van der Waals surface area contributed by atoms with Crippen LogP contribution in [0.4, 0.5) is 0 Å². The van der Waals surface area contributed by atoms with Gasteiger partial charge in [0.25, 0.3) is 11.8 Å². The molecule has 2 aliphatic rings. The molecule has 31 heavy (non-hydrogen) atoms. The SMILES string of the molecule is C/C=C(\C=C/NCC(=O)NCCSS)C1=C2C(=O)NC(c3ccc(Cl)cc3)=C2C(=O)N1. The average Bonchev–Trinajstić information content (AvgIpc) is 3.27. The van der Waals surface area contributed by atoms with Crippen molar-refractivity contribution in [2.45, 2.75) is 6.92 Å². The second-order valence-corrected chi connectivity index (χ2v) is 8.43. The highest BCUT2D eigenvalue weighted by atomic mass is 35.5. The Bertz CT molecular complexity index is 1030. The Kier molecular flexibility index (Phi) is 7.89. The molecule has 0 aliphatic carbocycles. The molecule has 3 amide bonds. The summed E-state index contributed by atoms with van der Waals surface area (Å²) in [6.07, 6.45) is 5.09. The van der Waals surface area contributed by atoms with E-state index in [2.05, 4.69) is 32.9 Å². The van der Waals surface area contributed by atoms with Crippen molar-refractivity contribution in [1.29, 1.82) is 0 Å². The van der Waals surface area contributed by atoms with Crippen molar-refractivity contribution >= 4 is 57.5 Å². The van der Waals surface area contributed by atoms with E-state index >= 15 is 0 Å². The topological polar surface area (TPSA) is 99.3 Å². The minimum Gasteiger partial charge on any atom is -0.382 e. The van der Waals surface area contributed by atoms with Gasteiger partial charge in [0.2, 0.25) is 5.91 Å². The number of halogens is 1. The summed E-state index contributed by atoms with van der Waals surface area (Å²) in [4.78, 5) is 37.1. The highest BCUT2D eigenvalue weighted by Crippen LogP contribution is 2.36. The number of fused-ring (bicyclic) bond motifs is 1. The van der Waals surface area contributed by atoms with E-state index in [4.69, 9.17) is 11.6 Å². The maximum Gasteiger partial charge on any atom is 0.258 e. The van der Waals surface area contributed by atoms with Crippen LogP contribution in [0.2, 0.25) is 5.02 Å². The number of rotatable bonds is 9. The van der Waals surface area contributed by atoms with Gasteiger partial charge in [0.1, 0.15) is 0 Å². The monoisotopic (exact) mass is 476 g/mol. The summed E-state index contributed by atoms with van der Waals surface area (Å²) in [5.41, 5.74) is 2.83. The molecule has 2 aliphatic heterocycles. The van der Waals surface area contributed by atoms with Crippen molar-refractivity contribution < 1.29 is 14.4 Å². The molecule has 4 N–H and O–H groups in total. The van der Waals surface area contributed by atoms with Gasteiger partial charge in [-0.25, -0.2) is 0 Å². The third kappa shape index (κ3) is 5.36. The van der Waals surface area contributed by atoms with Gasteiger partial charge in [0.05, 0.1) is 29.1 Å². The van der Waals surface area contributed by atoms with E-state index in [9.17, 15) is 14.4 Å². The van der Waals surface area contributed by atoms with Gasteiger partial charge in [-0.1, -0.05) is 40.6 Å². The van der Waals surface area contributed by atoms with Crippen LogP contribution in [0.3, 0.4) is 0 Å². The van der Waals surface area contributed by atoms with Crippen LogP contribution in [0.25, 0.3) is 5.70 Å². The van der Waals surface area contributed by atoms with Crippen LogP contribution < -0.4 is 21.3 Å². The Morgan fingerprint density at radius 2 is 1.87 bits per heavy atom. The molecule has 0 spiro atoms. The molecule has 0 saturated carbocycles. The Morgan fingerprint density at radius 1 is 1.16 bits per heavy atom. The van der Waals surface area contributed by atoms with Gasteiger partial charge in [-0.3, -0.25) is 14.4 Å². The molecule has 1 aromatic carbocycles. The van der Waals surface area contributed by atoms with E-state index < -0.39 is 0 Å². The highest BCUT2D eigenvalue weighted by Gasteiger charge is 2.40. The van der Waals surface area contributed by atoms with Crippen molar-refractivity contribution in [2.24, 2.45) is 0 Å². The summed E-state index contributed by atoms with van der Waals surface area (Å²) in [6, 6.07) is 6.90. The Labute approximate surface area is 194 Å². The lowest BCUT2D eigenvalue weighted by molar-refractivity contribution is -0.120. The van der Waals surface area contributed by atoms with E-state index in [-0.39, 0.29) is 24.3 Å². The third-order valence-electron chi connectivity index (χ3n) is 4.57. The number of thiol groups is 1. The lowest BCUT2D eigenvalue weighted by atomic mass is 10.0. The first-order valence-corrected chi connectivity index (χ1v) is 11.8. The zero-order valence-electron chi connectivity index (χ0n) is 16.6. The van der Waals surface area contributed by atoms with Crippen molar-refractivity contribution in [2.75, 3.05) is 18.8 Å². The number of hydrogen-bond acceptors (Lipinski definition) is 6. The predicted octanol–water partition coefficient (Wildman–Crippen LogP) is 2.31. The van der Waals surface area contributed by atoms with Crippen LogP contribution in [0.5, 0.6) is 0 Å². The molecule has 0 saturated heterocycles. The summed E-state index contributed by atoms with van der Waals surface area (Å²) < 4.78 is 0. The second-order valence-electron chi connectivity index (χ2n) is 6.56. The number of benzene rings is 1. The molecule has 0 atom stereocenters. The van der Waals surface area contributed by atoms with Crippen LogP contribution in [-0.2, 0) is 14.4 Å². The van der Waals surface area contributed by atoms with Crippen LogP contribution in [0.1, 0.15) is 12.5 Å². The molecule has 0 fully saturated rings. The third-order valence-corrected chi connectivity index (χ3v) is 5.76. The smallest absolute Gasteiger partial charge is 0.258 e. The Balaban J connectivity index is 1.77. The number of amides is 3. The highest BCUT2D eigenvalue weighted by molar-refractivity contribution is 8.68. The summed E-state index contributed by atoms with van der Waals surface area (Å²) in [6.45, 7) is 2.45.